The zero-order valence-electron chi connectivity index (χ0n) is 17.3. The molecule has 29 heavy (non-hydrogen) atoms. The minimum atomic E-state index is -0.433. The number of carbonyl (C=O) groups is 1. The number of nitrogens with zero attached hydrogens (tertiary/aromatic N) is 2. The number of primary amides is 1. The van der Waals surface area contributed by atoms with Crippen LogP contribution in [0.5, 0.6) is 0 Å². The number of benzene rings is 1. The normalized spacial score (nSPS) is 15.0. The third-order valence-electron chi connectivity index (χ3n) is 5.89. The molecule has 1 aliphatic rings. The molecule has 150 valence electrons. The monoisotopic (exact) mass is 388 g/mol. The molecular weight excluding hydrogens is 360 g/mol. The van der Waals surface area contributed by atoms with Crippen LogP contribution in [0.15, 0.2) is 48.9 Å². The summed E-state index contributed by atoms with van der Waals surface area (Å²) in [6, 6.07) is 9.73. The lowest BCUT2D eigenvalue weighted by Gasteiger charge is -2.31. The molecule has 4 rings (SSSR count). The molecule has 5 nitrogen and oxygen atoms in total. The van der Waals surface area contributed by atoms with Crippen LogP contribution in [0, 0.1) is 12.3 Å². The summed E-state index contributed by atoms with van der Waals surface area (Å²) in [6.45, 7) is 7.43. The van der Waals surface area contributed by atoms with Crippen LogP contribution < -0.4 is 11.1 Å². The number of carbonyl (C=O) groups excluding carboxylic acids is 1. The highest BCUT2D eigenvalue weighted by molar-refractivity contribution is 5.98. The molecule has 1 aliphatic carbocycles. The van der Waals surface area contributed by atoms with E-state index in [1.165, 1.54) is 23.2 Å². The van der Waals surface area contributed by atoms with E-state index in [2.05, 4.69) is 41.8 Å². The number of nitrogens with one attached hydrogen (secondary N) is 1. The van der Waals surface area contributed by atoms with Crippen molar-refractivity contribution in [2.75, 3.05) is 5.32 Å². The van der Waals surface area contributed by atoms with Crippen LogP contribution in [0.1, 0.15) is 53.0 Å². The molecule has 3 N–H and O–H groups in total. The van der Waals surface area contributed by atoms with Crippen molar-refractivity contribution in [1.29, 1.82) is 0 Å². The fourth-order valence-corrected chi connectivity index (χ4v) is 4.23. The van der Waals surface area contributed by atoms with Gasteiger partial charge in [-0.1, -0.05) is 19.9 Å². The van der Waals surface area contributed by atoms with Gasteiger partial charge < -0.3 is 15.6 Å². The number of fused-ring (bicyclic) bond motifs is 1. The molecule has 0 aliphatic heterocycles. The summed E-state index contributed by atoms with van der Waals surface area (Å²) in [6.07, 6.45) is 9.16. The quantitative estimate of drug-likeness (QED) is 0.680. The van der Waals surface area contributed by atoms with E-state index in [0.717, 1.165) is 29.8 Å². The number of amides is 1. The van der Waals surface area contributed by atoms with E-state index >= 15 is 0 Å². The fourth-order valence-electron chi connectivity index (χ4n) is 4.23. The Morgan fingerprint density at radius 3 is 2.86 bits per heavy atom. The summed E-state index contributed by atoms with van der Waals surface area (Å²) in [7, 11) is 0. The van der Waals surface area contributed by atoms with Crippen molar-refractivity contribution < 1.29 is 4.79 Å². The Hall–Kier alpha value is -3.08. The summed E-state index contributed by atoms with van der Waals surface area (Å²) in [4.78, 5) is 16.1. The maximum atomic E-state index is 12.0. The van der Waals surface area contributed by atoms with Gasteiger partial charge in [-0.25, -0.2) is 0 Å². The molecule has 0 radical (unpaired) electrons. The Bertz CT molecular complexity index is 1050. The van der Waals surface area contributed by atoms with Gasteiger partial charge in [-0.05, 0) is 72.6 Å². The van der Waals surface area contributed by atoms with E-state index < -0.39 is 5.91 Å². The summed E-state index contributed by atoms with van der Waals surface area (Å²) < 4.78 is 2.28. The van der Waals surface area contributed by atoms with Gasteiger partial charge in [0.25, 0.3) is 5.91 Å². The topological polar surface area (TPSA) is 72.9 Å². The molecule has 2 heterocycles. The number of anilines is 1. The van der Waals surface area contributed by atoms with Crippen molar-refractivity contribution in [3.63, 3.8) is 0 Å². The average Bonchev–Trinajstić information content (AvgIpc) is 3.01. The Morgan fingerprint density at radius 1 is 1.31 bits per heavy atom. The van der Waals surface area contributed by atoms with E-state index in [1.54, 1.807) is 6.20 Å². The molecule has 2 aromatic heterocycles. The van der Waals surface area contributed by atoms with E-state index in [-0.39, 0.29) is 0 Å². The molecular formula is C24H28N4O. The van der Waals surface area contributed by atoms with Gasteiger partial charge in [0.15, 0.2) is 0 Å². The predicted octanol–water partition coefficient (Wildman–Crippen LogP) is 4.41. The van der Waals surface area contributed by atoms with E-state index in [4.69, 9.17) is 5.73 Å². The second-order valence-electron chi connectivity index (χ2n) is 8.76. The molecule has 1 amide bonds. The van der Waals surface area contributed by atoms with Crippen LogP contribution in [-0.4, -0.2) is 15.5 Å². The smallest absolute Gasteiger partial charge is 0.250 e. The first kappa shape index (κ1) is 19.2. The first-order valence-electron chi connectivity index (χ1n) is 10.1. The number of nitrogens with two attached hydrogens (primary N) is 1. The molecule has 0 bridgehead atoms. The molecule has 0 saturated carbocycles. The Labute approximate surface area is 172 Å². The number of pyridine rings is 1. The largest absolute Gasteiger partial charge is 0.380 e. The predicted molar refractivity (Wildman–Crippen MR) is 116 cm³/mol. The molecule has 0 fully saturated rings. The lowest BCUT2D eigenvalue weighted by Crippen LogP contribution is -2.23. The van der Waals surface area contributed by atoms with Crippen molar-refractivity contribution in [3.8, 4) is 5.69 Å². The van der Waals surface area contributed by atoms with Crippen LogP contribution in [0.3, 0.4) is 0 Å². The van der Waals surface area contributed by atoms with Gasteiger partial charge in [0.2, 0.25) is 0 Å². The van der Waals surface area contributed by atoms with E-state index in [9.17, 15) is 4.79 Å². The third-order valence-corrected chi connectivity index (χ3v) is 5.89. The molecule has 0 saturated heterocycles. The molecule has 1 aromatic carbocycles. The molecule has 3 aromatic rings. The number of hydrogen-bond acceptors (Lipinski definition) is 3. The van der Waals surface area contributed by atoms with Crippen LogP contribution in [0.4, 0.5) is 5.69 Å². The van der Waals surface area contributed by atoms with Gasteiger partial charge in [0.1, 0.15) is 0 Å². The number of aromatic nitrogens is 2. The van der Waals surface area contributed by atoms with Gasteiger partial charge in [-0.15, -0.1) is 0 Å². The first-order chi connectivity index (χ1) is 13.8. The van der Waals surface area contributed by atoms with Crippen molar-refractivity contribution in [1.82, 2.24) is 9.55 Å². The maximum Gasteiger partial charge on any atom is 0.250 e. The van der Waals surface area contributed by atoms with Gasteiger partial charge in [-0.2, -0.15) is 0 Å². The molecule has 0 spiro atoms. The number of aryl methyl sites for hydroxylation is 1. The van der Waals surface area contributed by atoms with Gasteiger partial charge in [0.05, 0.1) is 5.56 Å². The number of hydrogen-bond donors (Lipinski definition) is 2. The Kier molecular flexibility index (Phi) is 4.91. The van der Waals surface area contributed by atoms with Crippen LogP contribution >= 0.6 is 0 Å². The minimum Gasteiger partial charge on any atom is -0.380 e. The van der Waals surface area contributed by atoms with Gasteiger partial charge in [0, 0.05) is 42.2 Å². The fraction of sp³-hybridized carbons (Fsp3) is 0.333. The van der Waals surface area contributed by atoms with Crippen molar-refractivity contribution in [2.45, 2.75) is 46.6 Å². The van der Waals surface area contributed by atoms with Crippen LogP contribution in [-0.2, 0) is 19.4 Å². The summed E-state index contributed by atoms with van der Waals surface area (Å²) in [5.74, 6) is -0.433. The summed E-state index contributed by atoms with van der Waals surface area (Å²) >= 11 is 0. The Morgan fingerprint density at radius 2 is 2.14 bits per heavy atom. The average molecular weight is 389 g/mol. The van der Waals surface area contributed by atoms with Crippen molar-refractivity contribution >= 4 is 11.6 Å². The van der Waals surface area contributed by atoms with E-state index in [1.807, 2.05) is 36.5 Å². The second-order valence-corrected chi connectivity index (χ2v) is 8.76. The second kappa shape index (κ2) is 7.39. The third kappa shape index (κ3) is 3.90. The lowest BCUT2D eigenvalue weighted by molar-refractivity contribution is 0.100. The molecule has 5 heteroatoms. The van der Waals surface area contributed by atoms with Crippen molar-refractivity contribution in [2.24, 2.45) is 11.1 Å². The lowest BCUT2D eigenvalue weighted by atomic mass is 9.76. The molecule has 0 unspecified atom stereocenters. The van der Waals surface area contributed by atoms with Crippen LogP contribution in [0.25, 0.3) is 5.69 Å². The van der Waals surface area contributed by atoms with Crippen molar-refractivity contribution in [3.05, 3.63) is 76.9 Å². The Balaban J connectivity index is 1.72. The SMILES string of the molecule is Cc1cn(-c2ccc(C(N)=O)c(NCc3cccnc3)c2)c2c1CCC(C)(C)C2. The molecule has 0 atom stereocenters. The standard InChI is InChI=1S/C24H28N4O/c1-16-15-28(22-12-24(2,3)9-8-19(16)22)18-6-7-20(23(25)29)21(11-18)27-14-17-5-4-10-26-13-17/h4-7,10-11,13,15,27H,8-9,12,14H2,1-3H3,(H2,25,29). The first-order valence-corrected chi connectivity index (χ1v) is 10.1. The zero-order valence-corrected chi connectivity index (χ0v) is 17.3. The number of rotatable bonds is 5. The summed E-state index contributed by atoms with van der Waals surface area (Å²) in [5, 5.41) is 3.37. The zero-order chi connectivity index (χ0) is 20.6. The highest BCUT2D eigenvalue weighted by atomic mass is 16.1. The highest BCUT2D eigenvalue weighted by Crippen LogP contribution is 2.38. The van der Waals surface area contributed by atoms with Gasteiger partial charge in [-0.3, -0.25) is 9.78 Å². The minimum absolute atomic E-state index is 0.296. The highest BCUT2D eigenvalue weighted by Gasteiger charge is 2.29. The van der Waals surface area contributed by atoms with E-state index in [0.29, 0.717) is 17.5 Å². The summed E-state index contributed by atoms with van der Waals surface area (Å²) in [5.41, 5.74) is 13.4. The van der Waals surface area contributed by atoms with Crippen LogP contribution in [0.2, 0.25) is 0 Å². The van der Waals surface area contributed by atoms with Gasteiger partial charge >= 0.3 is 0 Å². The maximum absolute atomic E-state index is 12.0.